The van der Waals surface area contributed by atoms with E-state index < -0.39 is 0 Å². The SMILES string of the molecule is COc1nc(N)nc2c1CSc1cc(C)ccc1-2. The molecule has 0 spiro atoms. The third kappa shape index (κ3) is 1.71. The van der Waals surface area contributed by atoms with Crippen molar-refractivity contribution in [1.82, 2.24) is 9.97 Å². The summed E-state index contributed by atoms with van der Waals surface area (Å²) in [6.45, 7) is 2.09. The Hall–Kier alpha value is -1.75. The zero-order valence-corrected chi connectivity index (χ0v) is 11.0. The Morgan fingerprint density at radius 1 is 1.33 bits per heavy atom. The molecule has 0 saturated heterocycles. The molecule has 0 atom stereocenters. The van der Waals surface area contributed by atoms with Gasteiger partial charge in [0.05, 0.1) is 18.4 Å². The van der Waals surface area contributed by atoms with Crippen LogP contribution in [0.25, 0.3) is 11.3 Å². The van der Waals surface area contributed by atoms with Gasteiger partial charge in [0.25, 0.3) is 0 Å². The molecule has 92 valence electrons. The second-order valence-corrected chi connectivity index (χ2v) is 5.22. The highest BCUT2D eigenvalue weighted by atomic mass is 32.2. The quantitative estimate of drug-likeness (QED) is 0.853. The van der Waals surface area contributed by atoms with E-state index in [0.29, 0.717) is 5.88 Å². The molecule has 0 saturated carbocycles. The van der Waals surface area contributed by atoms with Gasteiger partial charge in [0.2, 0.25) is 11.8 Å². The number of aromatic nitrogens is 2. The summed E-state index contributed by atoms with van der Waals surface area (Å²) in [4.78, 5) is 9.73. The number of nitrogens with two attached hydrogens (primary N) is 1. The molecule has 2 aromatic rings. The van der Waals surface area contributed by atoms with Gasteiger partial charge in [-0.15, -0.1) is 11.8 Å². The van der Waals surface area contributed by atoms with E-state index in [-0.39, 0.29) is 5.95 Å². The summed E-state index contributed by atoms with van der Waals surface area (Å²) in [6.07, 6.45) is 0. The zero-order chi connectivity index (χ0) is 12.7. The van der Waals surface area contributed by atoms with Crippen LogP contribution in [0.2, 0.25) is 0 Å². The molecule has 1 aliphatic rings. The van der Waals surface area contributed by atoms with Gasteiger partial charge in [-0.2, -0.15) is 4.98 Å². The molecule has 5 heteroatoms. The molecule has 1 aromatic heterocycles. The summed E-state index contributed by atoms with van der Waals surface area (Å²) in [5.74, 6) is 1.65. The normalized spacial score (nSPS) is 12.8. The van der Waals surface area contributed by atoms with Gasteiger partial charge in [-0.3, -0.25) is 0 Å². The van der Waals surface area contributed by atoms with Crippen molar-refractivity contribution in [2.24, 2.45) is 0 Å². The van der Waals surface area contributed by atoms with Gasteiger partial charge < -0.3 is 10.5 Å². The smallest absolute Gasteiger partial charge is 0.223 e. The summed E-state index contributed by atoms with van der Waals surface area (Å²) in [7, 11) is 1.61. The highest BCUT2D eigenvalue weighted by Gasteiger charge is 2.23. The highest BCUT2D eigenvalue weighted by Crippen LogP contribution is 2.43. The van der Waals surface area contributed by atoms with Crippen molar-refractivity contribution < 1.29 is 4.74 Å². The van der Waals surface area contributed by atoms with Crippen molar-refractivity contribution in [2.45, 2.75) is 17.6 Å². The Balaban J connectivity index is 2.26. The minimum atomic E-state index is 0.254. The first-order valence-corrected chi connectivity index (χ1v) is 6.62. The second kappa shape index (κ2) is 4.17. The van der Waals surface area contributed by atoms with E-state index >= 15 is 0 Å². The van der Waals surface area contributed by atoms with Gasteiger partial charge in [-0.1, -0.05) is 12.1 Å². The minimum absolute atomic E-state index is 0.254. The standard InChI is InChI=1S/C13H13N3OS/c1-7-3-4-8-10(5-7)18-6-9-11(8)15-13(14)16-12(9)17-2/h3-5H,6H2,1-2H3,(H2,14,15,16). The molecule has 1 aromatic carbocycles. The maximum Gasteiger partial charge on any atom is 0.223 e. The molecule has 4 nitrogen and oxygen atoms in total. The maximum absolute atomic E-state index is 5.74. The third-order valence-corrected chi connectivity index (χ3v) is 4.03. The molecular weight excluding hydrogens is 246 g/mol. The third-order valence-electron chi connectivity index (χ3n) is 2.94. The number of rotatable bonds is 1. The first-order chi connectivity index (χ1) is 8.69. The monoisotopic (exact) mass is 259 g/mol. The van der Waals surface area contributed by atoms with Crippen LogP contribution in [-0.2, 0) is 5.75 Å². The van der Waals surface area contributed by atoms with E-state index in [2.05, 4.69) is 35.1 Å². The molecule has 0 amide bonds. The Bertz CT molecular complexity index is 628. The number of thioether (sulfide) groups is 1. The number of nitrogen functional groups attached to an aromatic ring is 1. The lowest BCUT2D eigenvalue weighted by Crippen LogP contribution is -2.07. The number of anilines is 1. The number of aryl methyl sites for hydroxylation is 1. The van der Waals surface area contributed by atoms with Crippen molar-refractivity contribution in [3.8, 4) is 17.1 Å². The summed E-state index contributed by atoms with van der Waals surface area (Å²) < 4.78 is 5.29. The topological polar surface area (TPSA) is 61.0 Å². The second-order valence-electron chi connectivity index (χ2n) is 4.21. The molecule has 2 N–H and O–H groups in total. The number of benzene rings is 1. The van der Waals surface area contributed by atoms with E-state index in [0.717, 1.165) is 22.6 Å². The first kappa shape index (κ1) is 11.3. The van der Waals surface area contributed by atoms with Crippen molar-refractivity contribution in [1.29, 1.82) is 0 Å². The van der Waals surface area contributed by atoms with Gasteiger partial charge >= 0.3 is 0 Å². The van der Waals surface area contributed by atoms with Crippen molar-refractivity contribution in [2.75, 3.05) is 12.8 Å². The molecule has 0 unspecified atom stereocenters. The Morgan fingerprint density at radius 2 is 2.17 bits per heavy atom. The summed E-state index contributed by atoms with van der Waals surface area (Å²) in [6, 6.07) is 6.34. The molecule has 3 rings (SSSR count). The lowest BCUT2D eigenvalue weighted by molar-refractivity contribution is 0.394. The average molecular weight is 259 g/mol. The summed E-state index contributed by atoms with van der Waals surface area (Å²) in [5.41, 5.74) is 10.0. The van der Waals surface area contributed by atoms with Crippen LogP contribution in [0.1, 0.15) is 11.1 Å². The van der Waals surface area contributed by atoms with Crippen LogP contribution in [0.4, 0.5) is 5.95 Å². The number of ether oxygens (including phenoxy) is 1. The lowest BCUT2D eigenvalue weighted by Gasteiger charge is -2.20. The predicted octanol–water partition coefficient (Wildman–Crippen LogP) is 2.65. The Labute approximate surface area is 110 Å². The number of nitrogens with zero attached hydrogens (tertiary/aromatic N) is 2. The number of hydrogen-bond acceptors (Lipinski definition) is 5. The molecule has 2 heterocycles. The molecule has 0 fully saturated rings. The summed E-state index contributed by atoms with van der Waals surface area (Å²) >= 11 is 1.78. The molecule has 0 aliphatic carbocycles. The van der Waals surface area contributed by atoms with E-state index in [1.54, 1.807) is 18.9 Å². The molecule has 1 aliphatic heterocycles. The van der Waals surface area contributed by atoms with Crippen LogP contribution < -0.4 is 10.5 Å². The van der Waals surface area contributed by atoms with Gasteiger partial charge in [-0.05, 0) is 18.6 Å². The molecule has 0 radical (unpaired) electrons. The van der Waals surface area contributed by atoms with Gasteiger partial charge in [0.15, 0.2) is 0 Å². The number of methoxy groups -OCH3 is 1. The number of hydrogen-bond donors (Lipinski definition) is 1. The van der Waals surface area contributed by atoms with Crippen LogP contribution in [-0.4, -0.2) is 17.1 Å². The van der Waals surface area contributed by atoms with Crippen LogP contribution in [0, 0.1) is 6.92 Å². The molecule has 18 heavy (non-hydrogen) atoms. The molecular formula is C13H13N3OS. The van der Waals surface area contributed by atoms with E-state index in [9.17, 15) is 0 Å². The molecule has 0 bridgehead atoms. The predicted molar refractivity (Wildman–Crippen MR) is 72.7 cm³/mol. The fraction of sp³-hybridized carbons (Fsp3) is 0.231. The van der Waals surface area contributed by atoms with E-state index in [1.165, 1.54) is 10.5 Å². The van der Waals surface area contributed by atoms with E-state index in [1.807, 2.05) is 0 Å². The van der Waals surface area contributed by atoms with Crippen molar-refractivity contribution >= 4 is 17.7 Å². The average Bonchev–Trinajstić information content (AvgIpc) is 2.37. The van der Waals surface area contributed by atoms with E-state index in [4.69, 9.17) is 10.5 Å². The fourth-order valence-electron chi connectivity index (χ4n) is 2.10. The fourth-order valence-corrected chi connectivity index (χ4v) is 3.25. The Kier molecular flexibility index (Phi) is 2.63. The van der Waals surface area contributed by atoms with Crippen LogP contribution >= 0.6 is 11.8 Å². The first-order valence-electron chi connectivity index (χ1n) is 5.63. The van der Waals surface area contributed by atoms with Gasteiger partial charge in [0.1, 0.15) is 0 Å². The maximum atomic E-state index is 5.74. The van der Waals surface area contributed by atoms with Gasteiger partial charge in [-0.25, -0.2) is 4.98 Å². The lowest BCUT2D eigenvalue weighted by atomic mass is 10.1. The minimum Gasteiger partial charge on any atom is -0.481 e. The van der Waals surface area contributed by atoms with Crippen LogP contribution in [0.3, 0.4) is 0 Å². The van der Waals surface area contributed by atoms with Crippen LogP contribution in [0.5, 0.6) is 5.88 Å². The van der Waals surface area contributed by atoms with Crippen molar-refractivity contribution in [3.05, 3.63) is 29.3 Å². The Morgan fingerprint density at radius 3 is 2.94 bits per heavy atom. The highest BCUT2D eigenvalue weighted by molar-refractivity contribution is 7.98. The largest absolute Gasteiger partial charge is 0.481 e. The van der Waals surface area contributed by atoms with Crippen LogP contribution in [0.15, 0.2) is 23.1 Å². The number of fused-ring (bicyclic) bond motifs is 3. The van der Waals surface area contributed by atoms with Gasteiger partial charge in [0, 0.05) is 16.2 Å². The zero-order valence-electron chi connectivity index (χ0n) is 10.2. The summed E-state index contributed by atoms with van der Waals surface area (Å²) in [5, 5.41) is 0. The van der Waals surface area contributed by atoms with Crippen molar-refractivity contribution in [3.63, 3.8) is 0 Å².